The Morgan fingerprint density at radius 3 is 2.42 bits per heavy atom. The van der Waals surface area contributed by atoms with Crippen molar-refractivity contribution in [2.75, 3.05) is 13.2 Å². The summed E-state index contributed by atoms with van der Waals surface area (Å²) in [5, 5.41) is 12.5. The van der Waals surface area contributed by atoms with Gasteiger partial charge in [-0.05, 0) is 74.0 Å². The molecule has 1 amide bonds. The molecule has 1 aromatic carbocycles. The predicted molar refractivity (Wildman–Crippen MR) is 96.8 cm³/mol. The van der Waals surface area contributed by atoms with Gasteiger partial charge in [-0.15, -0.1) is 0 Å². The van der Waals surface area contributed by atoms with E-state index in [-0.39, 0.29) is 18.4 Å². The van der Waals surface area contributed by atoms with Crippen molar-refractivity contribution in [1.82, 2.24) is 5.32 Å². The van der Waals surface area contributed by atoms with Gasteiger partial charge in [-0.3, -0.25) is 9.59 Å². The zero-order valence-corrected chi connectivity index (χ0v) is 15.2. The summed E-state index contributed by atoms with van der Waals surface area (Å²) in [7, 11) is 0. The van der Waals surface area contributed by atoms with Crippen molar-refractivity contribution in [3.8, 4) is 5.75 Å². The third kappa shape index (κ3) is 3.19. The van der Waals surface area contributed by atoms with Crippen molar-refractivity contribution in [2.45, 2.75) is 32.6 Å². The SMILES string of the molecule is CCOc1ccc(CC(CNC(=O)C2C3C4CCC(C4)C23)C(=O)O)cc1. The van der Waals surface area contributed by atoms with E-state index in [1.165, 1.54) is 19.3 Å². The number of hydrogen-bond acceptors (Lipinski definition) is 3. The van der Waals surface area contributed by atoms with E-state index in [0.29, 0.717) is 24.9 Å². The predicted octanol–water partition coefficient (Wildman–Crippen LogP) is 2.74. The number of nitrogens with one attached hydrogen (secondary N) is 1. The minimum Gasteiger partial charge on any atom is -0.494 e. The van der Waals surface area contributed by atoms with E-state index in [4.69, 9.17) is 4.74 Å². The zero-order valence-electron chi connectivity index (χ0n) is 15.2. The summed E-state index contributed by atoms with van der Waals surface area (Å²) in [6.07, 6.45) is 4.29. The molecule has 26 heavy (non-hydrogen) atoms. The van der Waals surface area contributed by atoms with Crippen molar-refractivity contribution in [1.29, 1.82) is 0 Å². The van der Waals surface area contributed by atoms with Crippen molar-refractivity contribution in [3.05, 3.63) is 29.8 Å². The van der Waals surface area contributed by atoms with Crippen LogP contribution >= 0.6 is 0 Å². The van der Waals surface area contributed by atoms with Crippen LogP contribution in [0, 0.1) is 35.5 Å². The van der Waals surface area contributed by atoms with Crippen LogP contribution in [0.1, 0.15) is 31.7 Å². The molecule has 2 bridgehead atoms. The summed E-state index contributed by atoms with van der Waals surface area (Å²) in [5.41, 5.74) is 0.941. The maximum absolute atomic E-state index is 12.5. The van der Waals surface area contributed by atoms with E-state index in [1.807, 2.05) is 31.2 Å². The first-order valence-corrected chi connectivity index (χ1v) is 9.80. The van der Waals surface area contributed by atoms with Crippen molar-refractivity contribution < 1.29 is 19.4 Å². The Balaban J connectivity index is 1.30. The van der Waals surface area contributed by atoms with Gasteiger partial charge in [0.2, 0.25) is 5.91 Å². The Morgan fingerprint density at radius 2 is 1.85 bits per heavy atom. The Kier molecular flexibility index (Phi) is 4.63. The number of benzene rings is 1. The number of fused-ring (bicyclic) bond motifs is 5. The molecule has 2 N–H and O–H groups in total. The third-order valence-electron chi connectivity index (χ3n) is 6.63. The molecule has 0 heterocycles. The average molecular weight is 357 g/mol. The second-order valence-corrected chi connectivity index (χ2v) is 8.08. The summed E-state index contributed by atoms with van der Waals surface area (Å²) in [6, 6.07) is 7.51. The summed E-state index contributed by atoms with van der Waals surface area (Å²) in [5.74, 6) is 2.22. The van der Waals surface area contributed by atoms with Gasteiger partial charge in [-0.2, -0.15) is 0 Å². The number of carboxylic acids is 1. The van der Waals surface area contributed by atoms with E-state index in [2.05, 4.69) is 5.32 Å². The van der Waals surface area contributed by atoms with Gasteiger partial charge in [0, 0.05) is 12.5 Å². The lowest BCUT2D eigenvalue weighted by Crippen LogP contribution is -2.36. The number of amides is 1. The molecule has 140 valence electrons. The molecule has 5 atom stereocenters. The minimum absolute atomic E-state index is 0.0783. The molecule has 3 aliphatic rings. The van der Waals surface area contributed by atoms with Crippen molar-refractivity contribution in [2.24, 2.45) is 35.5 Å². The molecule has 3 aliphatic carbocycles. The molecule has 5 unspecified atom stereocenters. The van der Waals surface area contributed by atoms with Crippen LogP contribution in [0.2, 0.25) is 0 Å². The molecule has 0 aliphatic heterocycles. The van der Waals surface area contributed by atoms with Crippen molar-refractivity contribution in [3.63, 3.8) is 0 Å². The lowest BCUT2D eigenvalue weighted by molar-refractivity contribution is -0.141. The largest absolute Gasteiger partial charge is 0.494 e. The first kappa shape index (κ1) is 17.4. The Labute approximate surface area is 154 Å². The quantitative estimate of drug-likeness (QED) is 0.750. The number of rotatable bonds is 8. The molecule has 0 aromatic heterocycles. The standard InChI is InChI=1S/C21H27NO4/c1-2-26-16-7-3-12(4-8-16)9-15(21(24)25)11-22-20(23)19-17-13-5-6-14(10-13)18(17)19/h3-4,7-8,13-15,17-19H,2,5-6,9-11H2,1H3,(H,22,23)(H,24,25). The fraction of sp³-hybridized carbons (Fsp3) is 0.619. The lowest BCUT2D eigenvalue weighted by Gasteiger charge is -2.15. The molecule has 3 saturated carbocycles. The van der Waals surface area contributed by atoms with Gasteiger partial charge in [-0.25, -0.2) is 0 Å². The number of carboxylic acid groups (broad SMARTS) is 1. The van der Waals surface area contributed by atoms with Crippen LogP contribution in [-0.4, -0.2) is 30.1 Å². The summed E-state index contributed by atoms with van der Waals surface area (Å²) < 4.78 is 5.41. The maximum Gasteiger partial charge on any atom is 0.308 e. The van der Waals surface area contributed by atoms with Gasteiger partial charge < -0.3 is 15.2 Å². The summed E-state index contributed by atoms with van der Waals surface area (Å²) >= 11 is 0. The van der Waals surface area contributed by atoms with Gasteiger partial charge in [0.05, 0.1) is 12.5 Å². The van der Waals surface area contributed by atoms with Crippen molar-refractivity contribution >= 4 is 11.9 Å². The number of carbonyl (C=O) groups is 2. The number of carbonyl (C=O) groups excluding carboxylic acids is 1. The highest BCUT2D eigenvalue weighted by molar-refractivity contribution is 5.83. The molecule has 5 nitrogen and oxygen atoms in total. The minimum atomic E-state index is -0.866. The van der Waals surface area contributed by atoms with Crippen LogP contribution in [0.15, 0.2) is 24.3 Å². The van der Waals surface area contributed by atoms with Gasteiger partial charge in [0.25, 0.3) is 0 Å². The zero-order chi connectivity index (χ0) is 18.3. The van der Waals surface area contributed by atoms with Crippen LogP contribution in [0.4, 0.5) is 0 Å². The highest BCUT2D eigenvalue weighted by Crippen LogP contribution is 2.69. The first-order chi connectivity index (χ1) is 12.6. The van der Waals surface area contributed by atoms with Crippen LogP contribution in [-0.2, 0) is 16.0 Å². The molecular formula is C21H27NO4. The first-order valence-electron chi connectivity index (χ1n) is 9.80. The van der Waals surface area contributed by atoms with Crippen LogP contribution in [0.5, 0.6) is 5.75 Å². The number of ether oxygens (including phenoxy) is 1. The second kappa shape index (κ2) is 6.93. The third-order valence-corrected chi connectivity index (χ3v) is 6.63. The fourth-order valence-corrected chi connectivity index (χ4v) is 5.44. The molecular weight excluding hydrogens is 330 g/mol. The number of hydrogen-bond donors (Lipinski definition) is 2. The lowest BCUT2D eigenvalue weighted by atomic mass is 9.98. The monoisotopic (exact) mass is 357 g/mol. The molecule has 3 fully saturated rings. The van der Waals surface area contributed by atoms with Crippen LogP contribution < -0.4 is 10.1 Å². The number of aliphatic carboxylic acids is 1. The molecule has 5 heteroatoms. The Morgan fingerprint density at radius 1 is 1.19 bits per heavy atom. The van der Waals surface area contributed by atoms with E-state index in [9.17, 15) is 14.7 Å². The van der Waals surface area contributed by atoms with E-state index in [0.717, 1.165) is 23.1 Å². The fourth-order valence-electron chi connectivity index (χ4n) is 5.44. The van der Waals surface area contributed by atoms with Gasteiger partial charge in [0.15, 0.2) is 0 Å². The molecule has 0 saturated heterocycles. The smallest absolute Gasteiger partial charge is 0.308 e. The van der Waals surface area contributed by atoms with Gasteiger partial charge in [0.1, 0.15) is 5.75 Å². The topological polar surface area (TPSA) is 75.6 Å². The highest BCUT2D eigenvalue weighted by atomic mass is 16.5. The highest BCUT2D eigenvalue weighted by Gasteiger charge is 2.67. The normalized spacial score (nSPS) is 32.0. The summed E-state index contributed by atoms with van der Waals surface area (Å²) in [6.45, 7) is 2.73. The molecule has 1 aromatic rings. The second-order valence-electron chi connectivity index (χ2n) is 8.08. The molecule has 0 spiro atoms. The molecule has 0 radical (unpaired) electrons. The average Bonchev–Trinajstić information content (AvgIpc) is 3.07. The molecule has 4 rings (SSSR count). The van der Waals surface area contributed by atoms with Crippen LogP contribution in [0.25, 0.3) is 0 Å². The summed E-state index contributed by atoms with van der Waals surface area (Å²) in [4.78, 5) is 24.1. The Bertz CT molecular complexity index is 670. The maximum atomic E-state index is 12.5. The van der Waals surface area contributed by atoms with Crippen LogP contribution in [0.3, 0.4) is 0 Å². The van der Waals surface area contributed by atoms with Gasteiger partial charge in [-0.1, -0.05) is 12.1 Å². The van der Waals surface area contributed by atoms with Gasteiger partial charge >= 0.3 is 5.97 Å². The van der Waals surface area contributed by atoms with E-state index in [1.54, 1.807) is 0 Å². The van der Waals surface area contributed by atoms with E-state index < -0.39 is 11.9 Å². The Hall–Kier alpha value is -2.04. The van der Waals surface area contributed by atoms with E-state index >= 15 is 0 Å².